The Kier molecular flexibility index (Phi) is 5.20. The number of rotatable bonds is 4. The second-order valence-electron chi connectivity index (χ2n) is 9.31. The predicted octanol–water partition coefficient (Wildman–Crippen LogP) is 5.22. The Bertz CT molecular complexity index is 1530. The van der Waals surface area contributed by atoms with Crippen LogP contribution in [-0.4, -0.2) is 36.7 Å². The van der Waals surface area contributed by atoms with Crippen molar-refractivity contribution in [2.45, 2.75) is 37.5 Å². The maximum Gasteiger partial charge on any atom is 0.257 e. The smallest absolute Gasteiger partial charge is 0.257 e. The van der Waals surface area contributed by atoms with Crippen molar-refractivity contribution in [1.29, 1.82) is 0 Å². The fraction of sp³-hybridized carbons (Fsp3) is 0.308. The van der Waals surface area contributed by atoms with Crippen molar-refractivity contribution >= 4 is 53.4 Å². The van der Waals surface area contributed by atoms with E-state index in [2.05, 4.69) is 36.5 Å². The minimum Gasteiger partial charge on any atom is -0.298 e. The van der Waals surface area contributed by atoms with E-state index >= 15 is 0 Å². The number of nitrogens with zero attached hydrogens (tertiary/aromatic N) is 2. The van der Waals surface area contributed by atoms with Gasteiger partial charge in [-0.2, -0.15) is 4.31 Å². The second-order valence-corrected chi connectivity index (χ2v) is 12.3. The van der Waals surface area contributed by atoms with Crippen LogP contribution in [0.2, 0.25) is 0 Å². The molecule has 1 saturated heterocycles. The molecule has 1 amide bonds. The van der Waals surface area contributed by atoms with E-state index in [-0.39, 0.29) is 10.8 Å². The van der Waals surface area contributed by atoms with Crippen LogP contribution in [0, 0.1) is 5.92 Å². The van der Waals surface area contributed by atoms with E-state index in [0.717, 1.165) is 41.3 Å². The number of hydrogen-bond donors (Lipinski definition) is 1. The molecule has 0 unspecified atom stereocenters. The van der Waals surface area contributed by atoms with Crippen molar-refractivity contribution in [3.63, 3.8) is 0 Å². The summed E-state index contributed by atoms with van der Waals surface area (Å²) in [7, 11) is -3.54. The Morgan fingerprint density at radius 3 is 2.56 bits per heavy atom. The summed E-state index contributed by atoms with van der Waals surface area (Å²) < 4.78 is 28.5. The summed E-state index contributed by atoms with van der Waals surface area (Å²) in [5.74, 6) is 0.251. The second kappa shape index (κ2) is 8.15. The largest absolute Gasteiger partial charge is 0.298 e. The molecule has 1 aliphatic heterocycles. The molecule has 4 aromatic rings. The van der Waals surface area contributed by atoms with Crippen molar-refractivity contribution in [3.8, 4) is 0 Å². The van der Waals surface area contributed by atoms with E-state index in [4.69, 9.17) is 4.98 Å². The van der Waals surface area contributed by atoms with Gasteiger partial charge in [-0.05, 0) is 78.4 Å². The Hall–Kier alpha value is -2.81. The lowest BCUT2D eigenvalue weighted by Crippen LogP contribution is -2.37. The van der Waals surface area contributed by atoms with Crippen LogP contribution < -0.4 is 5.32 Å². The van der Waals surface area contributed by atoms with Crippen LogP contribution in [0.3, 0.4) is 0 Å². The molecule has 1 aliphatic carbocycles. The molecule has 3 aromatic carbocycles. The SMILES string of the molecule is CC1CCN(S(=O)(=O)c2ccc(C(=O)Nc3nc4c(cc5c6c(cccc64)CC5)s3)cc2)CC1. The summed E-state index contributed by atoms with van der Waals surface area (Å²) in [6.07, 6.45) is 3.85. The molecule has 0 saturated carbocycles. The first-order valence-electron chi connectivity index (χ1n) is 11.7. The van der Waals surface area contributed by atoms with Crippen LogP contribution in [0.25, 0.3) is 21.0 Å². The lowest BCUT2D eigenvalue weighted by molar-refractivity contribution is 0.102. The first-order chi connectivity index (χ1) is 16.4. The van der Waals surface area contributed by atoms with Gasteiger partial charge >= 0.3 is 0 Å². The Morgan fingerprint density at radius 2 is 1.79 bits per heavy atom. The van der Waals surface area contributed by atoms with Crippen molar-refractivity contribution in [3.05, 3.63) is 65.2 Å². The van der Waals surface area contributed by atoms with Crippen molar-refractivity contribution < 1.29 is 13.2 Å². The fourth-order valence-electron chi connectivity index (χ4n) is 5.08. The van der Waals surface area contributed by atoms with Crippen LogP contribution in [-0.2, 0) is 22.9 Å². The average Bonchev–Trinajstić information content (AvgIpc) is 3.44. The number of nitrogens with one attached hydrogen (secondary N) is 1. The van der Waals surface area contributed by atoms with Crippen LogP contribution in [0.15, 0.2) is 53.4 Å². The molecule has 0 spiro atoms. The molecule has 2 heterocycles. The number of aryl methyl sites for hydroxylation is 2. The number of benzene rings is 3. The van der Waals surface area contributed by atoms with Gasteiger partial charge in [0.1, 0.15) is 0 Å². The van der Waals surface area contributed by atoms with E-state index < -0.39 is 10.0 Å². The third kappa shape index (κ3) is 3.61. The number of piperidine rings is 1. The molecule has 6 nitrogen and oxygen atoms in total. The van der Waals surface area contributed by atoms with E-state index in [1.54, 1.807) is 16.4 Å². The van der Waals surface area contributed by atoms with Gasteiger partial charge in [0, 0.05) is 24.0 Å². The number of aromatic nitrogens is 1. The van der Waals surface area contributed by atoms with Gasteiger partial charge in [0.05, 0.1) is 15.1 Å². The van der Waals surface area contributed by atoms with E-state index in [9.17, 15) is 13.2 Å². The average molecular weight is 492 g/mol. The van der Waals surface area contributed by atoms with Gasteiger partial charge in [-0.25, -0.2) is 13.4 Å². The summed E-state index contributed by atoms with van der Waals surface area (Å²) >= 11 is 1.47. The first kappa shape index (κ1) is 21.7. The van der Waals surface area contributed by atoms with Gasteiger partial charge in [-0.15, -0.1) is 0 Å². The minimum absolute atomic E-state index is 0.225. The monoisotopic (exact) mass is 491 g/mol. The Morgan fingerprint density at radius 1 is 1.06 bits per heavy atom. The highest BCUT2D eigenvalue weighted by Crippen LogP contribution is 2.39. The lowest BCUT2D eigenvalue weighted by Gasteiger charge is -2.29. The lowest BCUT2D eigenvalue weighted by atomic mass is 10.0. The maximum atomic E-state index is 12.9. The molecular weight excluding hydrogens is 466 g/mol. The normalized spacial score (nSPS) is 17.0. The number of anilines is 1. The minimum atomic E-state index is -3.54. The summed E-state index contributed by atoms with van der Waals surface area (Å²) in [5, 5.41) is 5.89. The topological polar surface area (TPSA) is 79.4 Å². The quantitative estimate of drug-likeness (QED) is 0.424. The van der Waals surface area contributed by atoms with Gasteiger partial charge in [-0.1, -0.05) is 36.5 Å². The number of fused-ring (bicyclic) bond motifs is 2. The number of amides is 1. The third-order valence-electron chi connectivity index (χ3n) is 7.07. The molecule has 0 bridgehead atoms. The van der Waals surface area contributed by atoms with E-state index in [0.29, 0.717) is 29.7 Å². The molecular formula is C26H25N3O3S2. The molecule has 6 rings (SSSR count). The zero-order chi connectivity index (χ0) is 23.4. The summed E-state index contributed by atoms with van der Waals surface area (Å²) in [4.78, 5) is 17.8. The molecule has 1 N–H and O–H groups in total. The highest BCUT2D eigenvalue weighted by atomic mass is 32.2. The van der Waals surface area contributed by atoms with Gasteiger partial charge < -0.3 is 0 Å². The van der Waals surface area contributed by atoms with Gasteiger partial charge in [-0.3, -0.25) is 10.1 Å². The zero-order valence-electron chi connectivity index (χ0n) is 18.9. The number of carbonyl (C=O) groups excluding carboxylic acids is 1. The molecule has 0 atom stereocenters. The summed E-state index contributed by atoms with van der Waals surface area (Å²) in [5.41, 5.74) is 4.03. The van der Waals surface area contributed by atoms with Crippen LogP contribution in [0.5, 0.6) is 0 Å². The molecule has 8 heteroatoms. The van der Waals surface area contributed by atoms with Crippen molar-refractivity contribution in [2.75, 3.05) is 18.4 Å². The number of carbonyl (C=O) groups is 1. The highest BCUT2D eigenvalue weighted by Gasteiger charge is 2.28. The first-order valence-corrected chi connectivity index (χ1v) is 13.9. The Balaban J connectivity index is 1.23. The number of hydrogen-bond acceptors (Lipinski definition) is 5. The molecule has 34 heavy (non-hydrogen) atoms. The van der Waals surface area contributed by atoms with E-state index in [1.807, 2.05) is 0 Å². The van der Waals surface area contributed by atoms with Crippen LogP contribution >= 0.6 is 11.3 Å². The third-order valence-corrected chi connectivity index (χ3v) is 9.90. The molecule has 1 fully saturated rings. The maximum absolute atomic E-state index is 12.9. The van der Waals surface area contributed by atoms with Gasteiger partial charge in [0.2, 0.25) is 10.0 Å². The van der Waals surface area contributed by atoms with E-state index in [1.165, 1.54) is 40.0 Å². The van der Waals surface area contributed by atoms with Gasteiger partial charge in [0.25, 0.3) is 5.91 Å². The zero-order valence-corrected chi connectivity index (χ0v) is 20.5. The molecule has 174 valence electrons. The van der Waals surface area contributed by atoms with Gasteiger partial charge in [0.15, 0.2) is 5.13 Å². The number of sulfonamides is 1. The molecule has 0 radical (unpaired) electrons. The summed E-state index contributed by atoms with van der Waals surface area (Å²) in [6.45, 7) is 3.24. The van der Waals surface area contributed by atoms with Crippen molar-refractivity contribution in [1.82, 2.24) is 9.29 Å². The standard InChI is InChI=1S/C26H25N3O3S2/c1-16-11-13-29(14-12-16)34(31,32)20-9-7-18(8-10-20)25(30)28-26-27-24-21-4-2-3-17-5-6-19(23(17)21)15-22(24)33-26/h2-4,7-10,15-16H,5-6,11-14H2,1H3,(H,27,28,30). The highest BCUT2D eigenvalue weighted by molar-refractivity contribution is 7.89. The van der Waals surface area contributed by atoms with Crippen LogP contribution in [0.1, 0.15) is 41.3 Å². The fourth-order valence-corrected chi connectivity index (χ4v) is 7.49. The Labute approximate surface area is 202 Å². The summed E-state index contributed by atoms with van der Waals surface area (Å²) in [6, 6.07) is 14.7. The predicted molar refractivity (Wildman–Crippen MR) is 136 cm³/mol. The molecule has 2 aliphatic rings. The van der Waals surface area contributed by atoms with Crippen LogP contribution in [0.4, 0.5) is 5.13 Å². The number of thiazole rings is 1. The van der Waals surface area contributed by atoms with Crippen molar-refractivity contribution in [2.24, 2.45) is 5.92 Å². The molecule has 1 aromatic heterocycles.